The Bertz CT molecular complexity index is 752. The number of rotatable bonds is 5. The Balaban J connectivity index is 2.58. The van der Waals surface area contributed by atoms with Gasteiger partial charge in [-0.25, -0.2) is 4.79 Å². The van der Waals surface area contributed by atoms with E-state index in [1.165, 1.54) is 4.57 Å². The van der Waals surface area contributed by atoms with Crippen molar-refractivity contribution in [3.05, 3.63) is 20.8 Å². The maximum atomic E-state index is 12.1. The number of imidazole rings is 1. The molecule has 0 bridgehead atoms. The molecule has 2 aromatic rings. The molecule has 0 saturated carbocycles. The largest absolute Gasteiger partial charge is 0.354 e. The Hall–Kier alpha value is -2.09. The van der Waals surface area contributed by atoms with E-state index in [1.54, 1.807) is 7.05 Å². The van der Waals surface area contributed by atoms with Gasteiger partial charge in [0.2, 0.25) is 5.95 Å². The molecule has 0 aliphatic heterocycles. The molecule has 8 nitrogen and oxygen atoms in total. The van der Waals surface area contributed by atoms with Crippen LogP contribution < -0.4 is 16.6 Å². The molecule has 0 spiro atoms. The van der Waals surface area contributed by atoms with Crippen LogP contribution in [0.3, 0.4) is 0 Å². The van der Waals surface area contributed by atoms with E-state index >= 15 is 0 Å². The van der Waals surface area contributed by atoms with E-state index in [0.29, 0.717) is 23.7 Å². The lowest BCUT2D eigenvalue weighted by Gasteiger charge is -2.15. The van der Waals surface area contributed by atoms with Crippen molar-refractivity contribution in [2.45, 2.75) is 19.9 Å². The van der Waals surface area contributed by atoms with Gasteiger partial charge in [0.25, 0.3) is 5.56 Å². The molecule has 0 unspecified atom stereocenters. The van der Waals surface area contributed by atoms with Crippen LogP contribution in [0.15, 0.2) is 9.59 Å². The minimum absolute atomic E-state index is 0.0514. The van der Waals surface area contributed by atoms with E-state index in [0.717, 1.165) is 6.54 Å². The predicted octanol–water partition coefficient (Wildman–Crippen LogP) is -0.0223. The summed E-state index contributed by atoms with van der Waals surface area (Å²) in [4.78, 5) is 32.6. The Morgan fingerprint density at radius 3 is 2.57 bits per heavy atom. The van der Waals surface area contributed by atoms with E-state index in [1.807, 2.05) is 32.5 Å². The van der Waals surface area contributed by atoms with Gasteiger partial charge in [0, 0.05) is 26.2 Å². The third kappa shape index (κ3) is 2.85. The zero-order valence-corrected chi connectivity index (χ0v) is 13.1. The van der Waals surface area contributed by atoms with Gasteiger partial charge >= 0.3 is 5.69 Å². The number of hydrogen-bond donors (Lipinski definition) is 2. The fourth-order valence-corrected chi connectivity index (χ4v) is 2.22. The van der Waals surface area contributed by atoms with Crippen molar-refractivity contribution in [1.82, 2.24) is 24.0 Å². The molecule has 0 radical (unpaired) electrons. The second kappa shape index (κ2) is 5.72. The van der Waals surface area contributed by atoms with Crippen molar-refractivity contribution in [3.63, 3.8) is 0 Å². The number of aromatic nitrogens is 4. The summed E-state index contributed by atoms with van der Waals surface area (Å²) >= 11 is 0. The highest BCUT2D eigenvalue weighted by atomic mass is 16.2. The van der Waals surface area contributed by atoms with E-state index < -0.39 is 11.2 Å². The van der Waals surface area contributed by atoms with E-state index in [-0.39, 0.29) is 6.04 Å². The number of nitrogens with one attached hydrogen (secondary N) is 2. The molecule has 116 valence electrons. The van der Waals surface area contributed by atoms with Crippen LogP contribution in [0.5, 0.6) is 0 Å². The number of aryl methyl sites for hydroxylation is 1. The van der Waals surface area contributed by atoms with Gasteiger partial charge in [-0.1, -0.05) is 0 Å². The first-order chi connectivity index (χ1) is 9.82. The fraction of sp³-hybridized carbons (Fsp3) is 0.615. The number of H-pyrrole nitrogens is 1. The summed E-state index contributed by atoms with van der Waals surface area (Å²) in [7, 11) is 5.57. The van der Waals surface area contributed by atoms with Crippen molar-refractivity contribution in [2.75, 3.05) is 32.5 Å². The molecule has 0 aliphatic rings. The molecule has 0 aromatic carbocycles. The summed E-state index contributed by atoms with van der Waals surface area (Å²) in [6, 6.07) is 0.0514. The quantitative estimate of drug-likeness (QED) is 0.809. The van der Waals surface area contributed by atoms with Crippen LogP contribution in [0, 0.1) is 0 Å². The zero-order chi connectivity index (χ0) is 15.7. The smallest absolute Gasteiger partial charge is 0.329 e. The summed E-state index contributed by atoms with van der Waals surface area (Å²) in [5, 5.41) is 3.23. The lowest BCUT2D eigenvalue weighted by atomic mass is 10.3. The first-order valence-electron chi connectivity index (χ1n) is 6.92. The molecule has 0 saturated heterocycles. The number of anilines is 1. The third-order valence-corrected chi connectivity index (χ3v) is 3.31. The van der Waals surface area contributed by atoms with Gasteiger partial charge in [0.15, 0.2) is 11.2 Å². The highest BCUT2D eigenvalue weighted by molar-refractivity contribution is 5.74. The third-order valence-electron chi connectivity index (χ3n) is 3.31. The van der Waals surface area contributed by atoms with Crippen LogP contribution in [0.1, 0.15) is 19.9 Å². The molecule has 0 amide bonds. The van der Waals surface area contributed by atoms with Gasteiger partial charge in [-0.05, 0) is 27.9 Å². The van der Waals surface area contributed by atoms with E-state index in [4.69, 9.17) is 0 Å². The van der Waals surface area contributed by atoms with Crippen molar-refractivity contribution in [1.29, 1.82) is 0 Å². The molecule has 2 rings (SSSR count). The SMILES string of the molecule is CC(C)n1c(NCCN(C)C)nc2c1c(=O)[nH]c(=O)n2C. The molecule has 8 heteroatoms. The number of fused-ring (bicyclic) bond motifs is 1. The Kier molecular flexibility index (Phi) is 4.17. The van der Waals surface area contributed by atoms with Gasteiger partial charge in [-0.2, -0.15) is 4.98 Å². The Morgan fingerprint density at radius 2 is 2.00 bits per heavy atom. The zero-order valence-electron chi connectivity index (χ0n) is 13.1. The summed E-state index contributed by atoms with van der Waals surface area (Å²) in [5.41, 5.74) is -0.0556. The topological polar surface area (TPSA) is 88.0 Å². The number of likely N-dealkylation sites (N-methyl/N-ethyl adjacent to an activating group) is 1. The summed E-state index contributed by atoms with van der Waals surface area (Å²) in [5.74, 6) is 0.605. The lowest BCUT2D eigenvalue weighted by Crippen LogP contribution is -2.29. The van der Waals surface area contributed by atoms with Crippen LogP contribution in [0.25, 0.3) is 11.2 Å². The Morgan fingerprint density at radius 1 is 1.33 bits per heavy atom. The van der Waals surface area contributed by atoms with Crippen LogP contribution in [0.2, 0.25) is 0 Å². The van der Waals surface area contributed by atoms with Crippen LogP contribution in [0.4, 0.5) is 5.95 Å². The molecule has 2 aromatic heterocycles. The molecule has 0 atom stereocenters. The molecule has 2 N–H and O–H groups in total. The lowest BCUT2D eigenvalue weighted by molar-refractivity contribution is 0.424. The second-order valence-corrected chi connectivity index (χ2v) is 5.62. The summed E-state index contributed by atoms with van der Waals surface area (Å²) < 4.78 is 3.18. The van der Waals surface area contributed by atoms with Crippen LogP contribution >= 0.6 is 0 Å². The molecular weight excluding hydrogens is 272 g/mol. The monoisotopic (exact) mass is 294 g/mol. The van der Waals surface area contributed by atoms with Crippen molar-refractivity contribution in [2.24, 2.45) is 7.05 Å². The van der Waals surface area contributed by atoms with E-state index in [2.05, 4.69) is 20.2 Å². The van der Waals surface area contributed by atoms with Gasteiger partial charge < -0.3 is 14.8 Å². The molecule has 0 fully saturated rings. The van der Waals surface area contributed by atoms with Gasteiger partial charge in [0.05, 0.1) is 0 Å². The van der Waals surface area contributed by atoms with Crippen molar-refractivity contribution >= 4 is 17.1 Å². The average Bonchev–Trinajstić information content (AvgIpc) is 2.76. The van der Waals surface area contributed by atoms with E-state index in [9.17, 15) is 9.59 Å². The molecule has 0 aliphatic carbocycles. The number of aromatic amines is 1. The minimum Gasteiger partial charge on any atom is -0.354 e. The highest BCUT2D eigenvalue weighted by Crippen LogP contribution is 2.20. The first-order valence-corrected chi connectivity index (χ1v) is 6.92. The van der Waals surface area contributed by atoms with Gasteiger partial charge in [-0.15, -0.1) is 0 Å². The Labute approximate surface area is 122 Å². The van der Waals surface area contributed by atoms with Gasteiger partial charge in [0.1, 0.15) is 0 Å². The number of nitrogens with zero attached hydrogens (tertiary/aromatic N) is 4. The number of hydrogen-bond acceptors (Lipinski definition) is 5. The van der Waals surface area contributed by atoms with Crippen LogP contribution in [-0.4, -0.2) is 51.2 Å². The molecular formula is C13H22N6O2. The molecule has 2 heterocycles. The average molecular weight is 294 g/mol. The maximum absolute atomic E-state index is 12.1. The summed E-state index contributed by atoms with van der Waals surface area (Å²) in [6.45, 7) is 5.50. The first kappa shape index (κ1) is 15.3. The van der Waals surface area contributed by atoms with Crippen molar-refractivity contribution in [3.8, 4) is 0 Å². The maximum Gasteiger partial charge on any atom is 0.329 e. The highest BCUT2D eigenvalue weighted by Gasteiger charge is 2.18. The standard InChI is InChI=1S/C13H22N6O2/c1-8(2)19-9-10(18(5)13(21)16-11(9)20)15-12(19)14-6-7-17(3)4/h8H,6-7H2,1-5H3,(H,14,15)(H,16,20,21). The minimum atomic E-state index is -0.458. The fourth-order valence-electron chi connectivity index (χ4n) is 2.22. The normalized spacial score (nSPS) is 11.8. The second-order valence-electron chi connectivity index (χ2n) is 5.62. The van der Waals surface area contributed by atoms with Gasteiger partial charge in [-0.3, -0.25) is 14.3 Å². The summed E-state index contributed by atoms with van der Waals surface area (Å²) in [6.07, 6.45) is 0. The van der Waals surface area contributed by atoms with Crippen molar-refractivity contribution < 1.29 is 0 Å². The van der Waals surface area contributed by atoms with Crippen LogP contribution in [-0.2, 0) is 7.05 Å². The molecule has 21 heavy (non-hydrogen) atoms. The predicted molar refractivity (Wildman–Crippen MR) is 83.0 cm³/mol.